The molecule has 0 spiro atoms. The second kappa shape index (κ2) is 9.08. The molecule has 1 aromatic carbocycles. The summed E-state index contributed by atoms with van der Waals surface area (Å²) in [4.78, 5) is 35.9. The molecule has 0 amide bonds. The number of nitrogen functional groups attached to an aromatic ring is 1. The number of nitrogens with two attached hydrogens (primary N) is 1. The Morgan fingerprint density at radius 2 is 1.91 bits per heavy atom. The maximum Gasteiger partial charge on any atom is 0.348 e. The zero-order chi connectivity index (χ0) is 24.6. The third kappa shape index (κ3) is 4.24. The molecule has 1 aliphatic heterocycles. The lowest BCUT2D eigenvalue weighted by Gasteiger charge is -2.27. The normalized spacial score (nSPS) is 18.4. The third-order valence-electron chi connectivity index (χ3n) is 5.51. The minimum atomic E-state index is -2.93. The number of anilines is 1. The molecule has 0 radical (unpaired) electrons. The Hall–Kier alpha value is -3.42. The van der Waals surface area contributed by atoms with Crippen LogP contribution in [0.15, 0.2) is 24.5 Å². The molecule has 1 aliphatic rings. The van der Waals surface area contributed by atoms with Gasteiger partial charge in [0.15, 0.2) is 11.5 Å². The molecule has 0 saturated carbocycles. The number of halogens is 3. The van der Waals surface area contributed by atoms with Gasteiger partial charge < -0.3 is 25.4 Å². The van der Waals surface area contributed by atoms with Crippen LogP contribution in [0, 0.1) is 11.6 Å². The van der Waals surface area contributed by atoms with Crippen LogP contribution in [0.1, 0.15) is 24.6 Å². The lowest BCUT2D eigenvalue weighted by molar-refractivity contribution is -0.188. The Kier molecular flexibility index (Phi) is 6.34. The van der Waals surface area contributed by atoms with Gasteiger partial charge >= 0.3 is 11.9 Å². The van der Waals surface area contributed by atoms with Gasteiger partial charge in [-0.05, 0) is 36.6 Å². The van der Waals surface area contributed by atoms with Crippen molar-refractivity contribution < 1.29 is 38.1 Å². The number of hydrogen-bond donors (Lipinski definition) is 3. The van der Waals surface area contributed by atoms with E-state index in [1.54, 1.807) is 4.57 Å². The van der Waals surface area contributed by atoms with Crippen molar-refractivity contribution >= 4 is 40.5 Å². The maximum absolute atomic E-state index is 14.1. The van der Waals surface area contributed by atoms with E-state index in [-0.39, 0.29) is 11.1 Å². The summed E-state index contributed by atoms with van der Waals surface area (Å²) in [5.41, 5.74) is 2.79. The molecule has 4 N–H and O–H groups in total. The van der Waals surface area contributed by atoms with Crippen molar-refractivity contribution in [1.82, 2.24) is 19.5 Å². The second-order valence-corrected chi connectivity index (χ2v) is 7.96. The Bertz CT molecular complexity index is 1240. The standard InChI is InChI=1S/C20H18ClF2N5O6/c21-19-26-15(24)14-16(27-19)28(8-25-14)13-5-4-9(34-13)7-33-20(17(29)30,18(31)32)6-10-11(22)2-1-3-12(10)23/h1-3,8-9,13H,4-7H2,(H,29,30)(H,31,32)(H2,24,26,27)/t9?,13-/m1/s1. The SMILES string of the molecule is Nc1nc(Cl)nc2c1ncn2[C@H]1CCC(COC(Cc2c(F)cccc2F)(C(=O)O)C(=O)O)O1. The number of carbonyl (C=O) groups is 2. The molecule has 3 heterocycles. The van der Waals surface area contributed by atoms with Gasteiger partial charge in [-0.2, -0.15) is 9.97 Å². The van der Waals surface area contributed by atoms with E-state index in [4.69, 9.17) is 26.8 Å². The van der Waals surface area contributed by atoms with E-state index in [1.165, 1.54) is 6.33 Å². The monoisotopic (exact) mass is 497 g/mol. The third-order valence-corrected chi connectivity index (χ3v) is 5.68. The van der Waals surface area contributed by atoms with Crippen LogP contribution in [0.4, 0.5) is 14.6 Å². The summed E-state index contributed by atoms with van der Waals surface area (Å²) in [6, 6.07) is 2.88. The van der Waals surface area contributed by atoms with Crippen LogP contribution in [0.3, 0.4) is 0 Å². The van der Waals surface area contributed by atoms with Gasteiger partial charge in [0.25, 0.3) is 5.60 Å². The largest absolute Gasteiger partial charge is 0.479 e. The molecule has 180 valence electrons. The summed E-state index contributed by atoms with van der Waals surface area (Å²) in [6.45, 7) is -0.463. The molecule has 0 aliphatic carbocycles. The zero-order valence-corrected chi connectivity index (χ0v) is 18.1. The summed E-state index contributed by atoms with van der Waals surface area (Å²) in [5.74, 6) is -5.89. The van der Waals surface area contributed by atoms with E-state index in [1.807, 2.05) is 0 Å². The number of carboxylic acids is 2. The van der Waals surface area contributed by atoms with Crippen molar-refractivity contribution in [2.45, 2.75) is 37.2 Å². The van der Waals surface area contributed by atoms with Crippen LogP contribution in [0.5, 0.6) is 0 Å². The first-order valence-electron chi connectivity index (χ1n) is 9.97. The average Bonchev–Trinajstić information content (AvgIpc) is 3.39. The van der Waals surface area contributed by atoms with Gasteiger partial charge in [0, 0.05) is 12.0 Å². The van der Waals surface area contributed by atoms with Gasteiger partial charge in [-0.25, -0.2) is 23.4 Å². The highest BCUT2D eigenvalue weighted by Crippen LogP contribution is 2.33. The van der Waals surface area contributed by atoms with Crippen molar-refractivity contribution in [3.05, 3.63) is 47.0 Å². The fraction of sp³-hybridized carbons (Fsp3) is 0.350. The second-order valence-electron chi connectivity index (χ2n) is 7.62. The van der Waals surface area contributed by atoms with Crippen LogP contribution in [0.2, 0.25) is 5.28 Å². The van der Waals surface area contributed by atoms with Gasteiger partial charge in [0.05, 0.1) is 19.0 Å². The Morgan fingerprint density at radius 1 is 1.24 bits per heavy atom. The molecule has 2 atom stereocenters. The molecule has 4 rings (SSSR count). The number of carboxylic acid groups (broad SMARTS) is 2. The van der Waals surface area contributed by atoms with Crippen LogP contribution in [0.25, 0.3) is 11.2 Å². The van der Waals surface area contributed by atoms with Crippen LogP contribution >= 0.6 is 11.6 Å². The number of aliphatic carboxylic acids is 2. The molecule has 14 heteroatoms. The Labute approximate surface area is 195 Å². The number of imidazole rings is 1. The van der Waals surface area contributed by atoms with E-state index in [0.29, 0.717) is 24.0 Å². The number of aromatic nitrogens is 4. The van der Waals surface area contributed by atoms with Crippen molar-refractivity contribution in [2.24, 2.45) is 0 Å². The van der Waals surface area contributed by atoms with Crippen LogP contribution < -0.4 is 5.73 Å². The highest BCUT2D eigenvalue weighted by Gasteiger charge is 2.50. The van der Waals surface area contributed by atoms with Crippen molar-refractivity contribution in [3.8, 4) is 0 Å². The first kappa shape index (κ1) is 23.7. The minimum Gasteiger partial charge on any atom is -0.479 e. The van der Waals surface area contributed by atoms with E-state index in [2.05, 4.69) is 15.0 Å². The first-order chi connectivity index (χ1) is 16.1. The van der Waals surface area contributed by atoms with Gasteiger partial charge in [-0.15, -0.1) is 0 Å². The maximum atomic E-state index is 14.1. The molecule has 34 heavy (non-hydrogen) atoms. The predicted octanol–water partition coefficient (Wildman–Crippen LogP) is 2.19. The summed E-state index contributed by atoms with van der Waals surface area (Å²) in [6.07, 6.45) is -0.164. The lowest BCUT2D eigenvalue weighted by atomic mass is 9.93. The van der Waals surface area contributed by atoms with Crippen molar-refractivity contribution in [3.63, 3.8) is 0 Å². The summed E-state index contributed by atoms with van der Waals surface area (Å²) in [7, 11) is 0. The van der Waals surface area contributed by atoms with E-state index in [9.17, 15) is 28.6 Å². The first-order valence-corrected chi connectivity index (χ1v) is 10.3. The van der Waals surface area contributed by atoms with Crippen LogP contribution in [-0.4, -0.2) is 60.0 Å². The number of benzene rings is 1. The molecule has 0 bridgehead atoms. The fourth-order valence-electron chi connectivity index (χ4n) is 3.74. The van der Waals surface area contributed by atoms with Crippen LogP contribution in [-0.2, 0) is 25.5 Å². The van der Waals surface area contributed by atoms with Crippen molar-refractivity contribution in [2.75, 3.05) is 12.3 Å². The molecule has 3 aromatic rings. The molecular formula is C20H18ClF2N5O6. The topological polar surface area (TPSA) is 163 Å². The highest BCUT2D eigenvalue weighted by molar-refractivity contribution is 6.28. The fourth-order valence-corrected chi connectivity index (χ4v) is 3.91. The lowest BCUT2D eigenvalue weighted by Crippen LogP contribution is -2.52. The summed E-state index contributed by atoms with van der Waals surface area (Å²) < 4.78 is 40.9. The molecular weight excluding hydrogens is 480 g/mol. The highest BCUT2D eigenvalue weighted by atomic mass is 35.5. The molecule has 11 nitrogen and oxygen atoms in total. The Morgan fingerprint density at radius 3 is 2.56 bits per heavy atom. The van der Waals surface area contributed by atoms with E-state index >= 15 is 0 Å². The zero-order valence-electron chi connectivity index (χ0n) is 17.3. The molecule has 2 aromatic heterocycles. The van der Waals surface area contributed by atoms with Gasteiger partial charge in [-0.3, -0.25) is 4.57 Å². The molecule has 1 fully saturated rings. The number of ether oxygens (including phenoxy) is 2. The van der Waals surface area contributed by atoms with E-state index in [0.717, 1.165) is 18.2 Å². The number of hydrogen-bond acceptors (Lipinski definition) is 8. The Balaban J connectivity index is 1.52. The van der Waals surface area contributed by atoms with Gasteiger partial charge in [0.2, 0.25) is 5.28 Å². The average molecular weight is 498 g/mol. The summed E-state index contributed by atoms with van der Waals surface area (Å²) >= 11 is 5.87. The number of nitrogens with zero attached hydrogens (tertiary/aromatic N) is 4. The molecule has 1 unspecified atom stereocenters. The molecule has 1 saturated heterocycles. The van der Waals surface area contributed by atoms with E-state index < -0.39 is 60.1 Å². The van der Waals surface area contributed by atoms with Crippen molar-refractivity contribution in [1.29, 1.82) is 0 Å². The van der Waals surface area contributed by atoms with Gasteiger partial charge in [-0.1, -0.05) is 6.07 Å². The predicted molar refractivity (Wildman–Crippen MR) is 112 cm³/mol. The minimum absolute atomic E-state index is 0.0831. The summed E-state index contributed by atoms with van der Waals surface area (Å²) in [5, 5.41) is 19.2. The quantitative estimate of drug-likeness (QED) is 0.310. The smallest absolute Gasteiger partial charge is 0.348 e. The number of fused-ring (bicyclic) bond motifs is 1. The number of rotatable bonds is 8. The van der Waals surface area contributed by atoms with Gasteiger partial charge in [0.1, 0.15) is 23.4 Å².